The van der Waals surface area contributed by atoms with Gasteiger partial charge in [0.05, 0.1) is 16.1 Å². The van der Waals surface area contributed by atoms with E-state index in [9.17, 15) is 18.3 Å². The summed E-state index contributed by atoms with van der Waals surface area (Å²) in [5.74, 6) is -1.12. The van der Waals surface area contributed by atoms with Crippen LogP contribution in [-0.4, -0.2) is 32.6 Å². The summed E-state index contributed by atoms with van der Waals surface area (Å²) in [5.41, 5.74) is 1.44. The lowest BCUT2D eigenvalue weighted by atomic mass is 10.1. The van der Waals surface area contributed by atoms with Gasteiger partial charge in [-0.05, 0) is 43.0 Å². The minimum atomic E-state index is -3.79. The Morgan fingerprint density at radius 2 is 1.73 bits per heavy atom. The summed E-state index contributed by atoms with van der Waals surface area (Å²) in [7, 11) is -3.79. The van der Waals surface area contributed by atoms with Gasteiger partial charge in [-0.1, -0.05) is 30.3 Å². The summed E-state index contributed by atoms with van der Waals surface area (Å²) in [6.45, 7) is 1.73. The number of carbonyl (C=O) groups is 1. The smallest absolute Gasteiger partial charge is 0.337 e. The van der Waals surface area contributed by atoms with E-state index in [1.807, 2.05) is 35.2 Å². The number of nitrogens with one attached hydrogen (secondary N) is 1. The van der Waals surface area contributed by atoms with Crippen LogP contribution in [0.5, 0.6) is 0 Å². The van der Waals surface area contributed by atoms with Crippen LogP contribution in [-0.2, 0) is 16.6 Å². The third-order valence-electron chi connectivity index (χ3n) is 4.51. The number of sulfonamides is 1. The molecule has 138 valence electrons. The zero-order valence-electron chi connectivity index (χ0n) is 14.4. The molecule has 26 heavy (non-hydrogen) atoms. The van der Waals surface area contributed by atoms with Crippen molar-refractivity contribution in [3.8, 4) is 0 Å². The minimum absolute atomic E-state index is 0.0227. The van der Waals surface area contributed by atoms with Crippen LogP contribution < -0.4 is 9.62 Å². The Balaban J connectivity index is 1.85. The fourth-order valence-electron chi connectivity index (χ4n) is 3.12. The lowest BCUT2D eigenvalue weighted by molar-refractivity contribution is 0.0697. The third kappa shape index (κ3) is 4.23. The second-order valence-electron chi connectivity index (χ2n) is 6.34. The van der Waals surface area contributed by atoms with Crippen molar-refractivity contribution in [2.45, 2.75) is 30.7 Å². The van der Waals surface area contributed by atoms with Crippen LogP contribution in [0.4, 0.5) is 5.69 Å². The summed E-state index contributed by atoms with van der Waals surface area (Å²) < 4.78 is 27.6. The third-order valence-corrected chi connectivity index (χ3v) is 5.91. The first-order chi connectivity index (χ1) is 12.5. The topological polar surface area (TPSA) is 86.7 Å². The highest BCUT2D eigenvalue weighted by molar-refractivity contribution is 7.89. The van der Waals surface area contributed by atoms with E-state index < -0.39 is 16.0 Å². The number of hydrogen-bond acceptors (Lipinski definition) is 4. The second-order valence-corrected chi connectivity index (χ2v) is 8.11. The molecule has 3 rings (SSSR count). The highest BCUT2D eigenvalue weighted by atomic mass is 32.2. The Morgan fingerprint density at radius 3 is 2.38 bits per heavy atom. The molecule has 0 unspecified atom stereocenters. The highest BCUT2D eigenvalue weighted by Crippen LogP contribution is 2.27. The molecule has 0 amide bonds. The molecule has 7 heteroatoms. The first kappa shape index (κ1) is 18.4. The van der Waals surface area contributed by atoms with Crippen LogP contribution >= 0.6 is 0 Å². The van der Waals surface area contributed by atoms with Crippen LogP contribution in [0.25, 0.3) is 0 Å². The molecule has 2 aromatic carbocycles. The van der Waals surface area contributed by atoms with E-state index >= 15 is 0 Å². The van der Waals surface area contributed by atoms with E-state index in [0.717, 1.165) is 37.9 Å². The van der Waals surface area contributed by atoms with Gasteiger partial charge in [0, 0.05) is 19.6 Å². The van der Waals surface area contributed by atoms with Crippen molar-refractivity contribution in [2.24, 2.45) is 0 Å². The van der Waals surface area contributed by atoms with Crippen molar-refractivity contribution in [1.29, 1.82) is 0 Å². The van der Waals surface area contributed by atoms with Crippen LogP contribution in [0, 0.1) is 0 Å². The zero-order chi connectivity index (χ0) is 18.6. The predicted molar refractivity (Wildman–Crippen MR) is 99.9 cm³/mol. The molecule has 0 aliphatic carbocycles. The van der Waals surface area contributed by atoms with Gasteiger partial charge in [0.25, 0.3) is 0 Å². The molecular weight excluding hydrogens is 352 g/mol. The van der Waals surface area contributed by atoms with Crippen molar-refractivity contribution >= 4 is 21.7 Å². The van der Waals surface area contributed by atoms with Gasteiger partial charge in [-0.2, -0.15) is 0 Å². The van der Waals surface area contributed by atoms with Crippen molar-refractivity contribution in [3.63, 3.8) is 0 Å². The van der Waals surface area contributed by atoms with Gasteiger partial charge in [-0.25, -0.2) is 17.9 Å². The zero-order valence-corrected chi connectivity index (χ0v) is 15.2. The molecular formula is C19H22N2O4S. The average molecular weight is 374 g/mol. The van der Waals surface area contributed by atoms with Gasteiger partial charge in [0.1, 0.15) is 0 Å². The molecule has 0 saturated carbocycles. The average Bonchev–Trinajstić information content (AvgIpc) is 2.67. The molecule has 1 fully saturated rings. The van der Waals surface area contributed by atoms with Gasteiger partial charge < -0.3 is 10.0 Å². The molecule has 0 atom stereocenters. The normalized spacial score (nSPS) is 15.0. The van der Waals surface area contributed by atoms with Gasteiger partial charge >= 0.3 is 5.97 Å². The lowest BCUT2D eigenvalue weighted by Crippen LogP contribution is -2.31. The molecule has 0 radical (unpaired) electrons. The Morgan fingerprint density at radius 1 is 1.04 bits per heavy atom. The standard InChI is InChI=1S/C19H22N2O4S/c22-19(23)17-13-16(9-10-18(17)21-11-5-2-6-12-21)26(24,25)20-14-15-7-3-1-4-8-15/h1,3-4,7-10,13,20H,2,5-6,11-12,14H2,(H,22,23). The number of rotatable bonds is 6. The predicted octanol–water partition coefficient (Wildman–Crippen LogP) is 2.85. The molecule has 2 N–H and O–H groups in total. The van der Waals surface area contributed by atoms with Gasteiger partial charge in [-0.3, -0.25) is 0 Å². The summed E-state index contributed by atoms with van der Waals surface area (Å²) >= 11 is 0. The van der Waals surface area contributed by atoms with Gasteiger partial charge in [-0.15, -0.1) is 0 Å². The van der Waals surface area contributed by atoms with Crippen LogP contribution in [0.1, 0.15) is 35.2 Å². The van der Waals surface area contributed by atoms with Gasteiger partial charge in [0.15, 0.2) is 0 Å². The summed E-state index contributed by atoms with van der Waals surface area (Å²) in [6.07, 6.45) is 3.16. The minimum Gasteiger partial charge on any atom is -0.478 e. The first-order valence-electron chi connectivity index (χ1n) is 8.63. The molecule has 0 aromatic heterocycles. The van der Waals surface area contributed by atoms with Crippen molar-refractivity contribution in [2.75, 3.05) is 18.0 Å². The Hall–Kier alpha value is -2.38. The fraction of sp³-hybridized carbons (Fsp3) is 0.316. The summed E-state index contributed by atoms with van der Waals surface area (Å²) in [6, 6.07) is 13.5. The quantitative estimate of drug-likeness (QED) is 0.812. The van der Waals surface area contributed by atoms with E-state index in [-0.39, 0.29) is 17.0 Å². The van der Waals surface area contributed by atoms with Crippen molar-refractivity contribution in [3.05, 3.63) is 59.7 Å². The maximum atomic E-state index is 12.6. The van der Waals surface area contributed by atoms with Crippen molar-refractivity contribution in [1.82, 2.24) is 4.72 Å². The fourth-order valence-corrected chi connectivity index (χ4v) is 4.17. The molecule has 1 aliphatic rings. The van der Waals surface area contributed by atoms with E-state index in [0.29, 0.717) is 5.69 Å². The second kappa shape index (κ2) is 7.88. The van der Waals surface area contributed by atoms with E-state index in [2.05, 4.69) is 4.72 Å². The molecule has 0 spiro atoms. The largest absolute Gasteiger partial charge is 0.478 e. The Labute approximate surface area is 153 Å². The van der Waals surface area contributed by atoms with Gasteiger partial charge in [0.2, 0.25) is 10.0 Å². The molecule has 1 heterocycles. The van der Waals surface area contributed by atoms with Crippen LogP contribution in [0.2, 0.25) is 0 Å². The number of anilines is 1. The maximum absolute atomic E-state index is 12.6. The Kier molecular flexibility index (Phi) is 5.58. The molecule has 2 aromatic rings. The summed E-state index contributed by atoms with van der Waals surface area (Å²) in [4.78, 5) is 13.7. The number of aromatic carboxylic acids is 1. The highest BCUT2D eigenvalue weighted by Gasteiger charge is 2.22. The first-order valence-corrected chi connectivity index (χ1v) is 10.1. The number of carboxylic acids is 1. The number of benzene rings is 2. The SMILES string of the molecule is O=C(O)c1cc(S(=O)(=O)NCc2ccccc2)ccc1N1CCCCC1. The molecule has 1 saturated heterocycles. The summed E-state index contributed by atoms with van der Waals surface area (Å²) in [5, 5.41) is 9.55. The van der Waals surface area contributed by atoms with Crippen molar-refractivity contribution < 1.29 is 18.3 Å². The number of piperidine rings is 1. The van der Waals surface area contributed by atoms with Crippen LogP contribution in [0.15, 0.2) is 53.4 Å². The lowest BCUT2D eigenvalue weighted by Gasteiger charge is -2.30. The number of carboxylic acid groups (broad SMARTS) is 1. The molecule has 6 nitrogen and oxygen atoms in total. The van der Waals surface area contributed by atoms with Crippen LogP contribution in [0.3, 0.4) is 0 Å². The number of nitrogens with zero attached hydrogens (tertiary/aromatic N) is 1. The number of hydrogen-bond donors (Lipinski definition) is 2. The van der Waals surface area contributed by atoms with E-state index in [1.54, 1.807) is 6.07 Å². The molecule has 1 aliphatic heterocycles. The monoisotopic (exact) mass is 374 g/mol. The Bertz CT molecular complexity index is 876. The molecule has 0 bridgehead atoms. The van der Waals surface area contributed by atoms with E-state index in [1.165, 1.54) is 12.1 Å². The van der Waals surface area contributed by atoms with E-state index in [4.69, 9.17) is 0 Å². The maximum Gasteiger partial charge on any atom is 0.337 e.